The molecule has 0 aliphatic rings. The molecule has 0 aromatic carbocycles. The van der Waals surface area contributed by atoms with Crippen LogP contribution < -0.4 is 5.32 Å². The van der Waals surface area contributed by atoms with Crippen LogP contribution in [0.25, 0.3) is 0 Å². The lowest BCUT2D eigenvalue weighted by Gasteiger charge is -2.27. The van der Waals surface area contributed by atoms with Gasteiger partial charge in [-0.25, -0.2) is 4.57 Å². The van der Waals surface area contributed by atoms with Gasteiger partial charge in [0.15, 0.2) is 0 Å². The van der Waals surface area contributed by atoms with Crippen molar-refractivity contribution in [1.29, 1.82) is 0 Å². The molecule has 2 N–H and O–H groups in total. The zero-order valence-corrected chi connectivity index (χ0v) is 58.4. The number of phosphoric ester groups is 1. The fourth-order valence-electron chi connectivity index (χ4n) is 10.2. The van der Waals surface area contributed by atoms with Crippen molar-refractivity contribution in [2.24, 2.45) is 0 Å². The first-order valence-corrected chi connectivity index (χ1v) is 37.7. The van der Waals surface area contributed by atoms with E-state index in [2.05, 4.69) is 123 Å². The minimum absolute atomic E-state index is 0.0341. The van der Waals surface area contributed by atoms with Crippen molar-refractivity contribution in [3.63, 3.8) is 0 Å². The molecule has 0 radical (unpaired) electrons. The third-order valence-corrected chi connectivity index (χ3v) is 16.7. The summed E-state index contributed by atoms with van der Waals surface area (Å²) in [5.74, 6) is -0.514. The summed E-state index contributed by atoms with van der Waals surface area (Å²) >= 11 is 0. The number of esters is 1. The molecular formula is C77H138N2O7P+. The number of hydrogen-bond donors (Lipinski definition) is 2. The van der Waals surface area contributed by atoms with Crippen molar-refractivity contribution < 1.29 is 37.3 Å². The summed E-state index contributed by atoms with van der Waals surface area (Å²) in [6.07, 6.45) is 90.9. The average Bonchev–Trinajstić information content (AvgIpc) is 3.69. The van der Waals surface area contributed by atoms with Gasteiger partial charge < -0.3 is 19.4 Å². The van der Waals surface area contributed by atoms with Gasteiger partial charge in [0.2, 0.25) is 5.91 Å². The van der Waals surface area contributed by atoms with Crippen LogP contribution >= 0.6 is 7.82 Å². The lowest BCUT2D eigenvalue weighted by atomic mass is 10.0. The van der Waals surface area contributed by atoms with Gasteiger partial charge in [-0.05, 0) is 115 Å². The van der Waals surface area contributed by atoms with Crippen LogP contribution in [0.5, 0.6) is 0 Å². The van der Waals surface area contributed by atoms with Gasteiger partial charge >= 0.3 is 13.8 Å². The van der Waals surface area contributed by atoms with Crippen LogP contribution in [0.3, 0.4) is 0 Å². The van der Waals surface area contributed by atoms with Crippen molar-refractivity contribution in [1.82, 2.24) is 5.32 Å². The largest absolute Gasteiger partial charge is 0.472 e. The molecule has 0 saturated carbocycles. The average molecular weight is 1230 g/mol. The highest BCUT2D eigenvalue weighted by molar-refractivity contribution is 7.47. The van der Waals surface area contributed by atoms with E-state index in [1.165, 1.54) is 167 Å². The monoisotopic (exact) mass is 1230 g/mol. The molecule has 0 aliphatic heterocycles. The fraction of sp³-hybridized carbons (Fsp3) is 0.740. The molecule has 0 rings (SSSR count). The minimum atomic E-state index is -4.46. The smallest absolute Gasteiger partial charge is 0.456 e. The summed E-state index contributed by atoms with van der Waals surface area (Å²) in [6, 6.07) is -0.861. The lowest BCUT2D eigenvalue weighted by molar-refractivity contribution is -0.870. The normalized spacial score (nSPS) is 14.1. The Kier molecular flexibility index (Phi) is 63.1. The number of quaternary nitrogens is 1. The van der Waals surface area contributed by atoms with Gasteiger partial charge in [0, 0.05) is 12.8 Å². The number of allylic oxidation sites excluding steroid dienone is 17. The Labute approximate surface area is 538 Å². The fourth-order valence-corrected chi connectivity index (χ4v) is 10.9. The second-order valence-electron chi connectivity index (χ2n) is 25.4. The maximum absolute atomic E-state index is 13.6. The topological polar surface area (TPSA) is 111 Å². The first-order chi connectivity index (χ1) is 42.4. The molecular weight excluding hydrogens is 1100 g/mol. The number of hydrogen-bond acceptors (Lipinski definition) is 6. The molecule has 10 heteroatoms. The van der Waals surface area contributed by atoms with E-state index in [9.17, 15) is 19.0 Å². The number of carbonyl (C=O) groups is 2. The number of ether oxygens (including phenoxy) is 1. The highest BCUT2D eigenvalue weighted by Crippen LogP contribution is 2.43. The first kappa shape index (κ1) is 83.7. The second kappa shape index (κ2) is 65.6. The van der Waals surface area contributed by atoms with Crippen molar-refractivity contribution >= 4 is 19.7 Å². The number of phosphoric acid groups is 1. The molecule has 9 nitrogen and oxygen atoms in total. The zero-order chi connectivity index (χ0) is 63.5. The van der Waals surface area contributed by atoms with Gasteiger partial charge in [-0.2, -0.15) is 0 Å². The van der Waals surface area contributed by atoms with Crippen LogP contribution in [-0.2, 0) is 27.9 Å². The third-order valence-electron chi connectivity index (χ3n) is 15.7. The summed E-state index contributed by atoms with van der Waals surface area (Å²) in [4.78, 5) is 38.0. The minimum Gasteiger partial charge on any atom is -0.456 e. The lowest BCUT2D eigenvalue weighted by Crippen LogP contribution is -2.47. The number of unbranched alkanes of at least 4 members (excludes halogenated alkanes) is 33. The summed E-state index contributed by atoms with van der Waals surface area (Å²) < 4.78 is 30.9. The molecule has 1 amide bonds. The van der Waals surface area contributed by atoms with Crippen LogP contribution in [0.15, 0.2) is 109 Å². The van der Waals surface area contributed by atoms with Gasteiger partial charge in [0.1, 0.15) is 19.3 Å². The maximum atomic E-state index is 13.6. The van der Waals surface area contributed by atoms with Gasteiger partial charge in [-0.1, -0.05) is 297 Å². The maximum Gasteiger partial charge on any atom is 0.472 e. The van der Waals surface area contributed by atoms with E-state index in [1.807, 2.05) is 33.3 Å². The zero-order valence-electron chi connectivity index (χ0n) is 57.5. The SMILES string of the molecule is CC/C=C\C/C=C\C/C=C\C/C=C\C/C=C\CCCCCCCCCCCCCC(=O)NC(COP(=O)(O)OCC[N+](C)(C)C)C(/C=C\CCCCCCCCCCCCC)OC(=O)CCCCCCCCCC/C=C\C/C=C\C/C=C\CCCCC. The molecule has 0 heterocycles. The molecule has 0 spiro atoms. The standard InChI is InChI=1S/C77H137N2O7P/c1-7-10-13-16-19-22-25-28-30-32-34-36-37-38-39-40-41-43-44-46-48-51-54-57-60-63-66-69-76(80)78-74(73-85-87(82,83)84-72-71-79(4,5)6)75(68-65-62-59-56-53-50-27-24-21-18-15-12-9-3)86-77(81)70-67-64-61-58-55-52-49-47-45-42-35-33-31-29-26-23-20-17-14-11-8-2/h10,13,19-20,22-23,28-31,34-36,38-39,42,65,68,74-75H,7-9,11-12,14-18,21,24-27,32-33,37,40-41,43-64,66-67,69-73H2,1-6H3,(H-,78,80,82,83)/p+1/b13-10-,22-19-,23-20-,30-28-,31-29-,36-34-,39-38-,42-35-,68-65-. The van der Waals surface area contributed by atoms with Crippen molar-refractivity contribution in [3.8, 4) is 0 Å². The van der Waals surface area contributed by atoms with E-state index in [-0.39, 0.29) is 31.5 Å². The number of amides is 1. The summed E-state index contributed by atoms with van der Waals surface area (Å²) in [5.41, 5.74) is 0. The Morgan fingerprint density at radius 1 is 0.414 bits per heavy atom. The van der Waals surface area contributed by atoms with E-state index >= 15 is 0 Å². The van der Waals surface area contributed by atoms with E-state index in [4.69, 9.17) is 13.8 Å². The van der Waals surface area contributed by atoms with Gasteiger partial charge in [-0.15, -0.1) is 0 Å². The van der Waals surface area contributed by atoms with Crippen LogP contribution in [-0.4, -0.2) is 74.3 Å². The quantitative estimate of drug-likeness (QED) is 0.0205. The van der Waals surface area contributed by atoms with Gasteiger partial charge in [0.25, 0.3) is 0 Å². The van der Waals surface area contributed by atoms with Crippen LogP contribution in [0.2, 0.25) is 0 Å². The Balaban J connectivity index is 5.10. The number of carbonyl (C=O) groups excluding carboxylic acids is 2. The predicted octanol–water partition coefficient (Wildman–Crippen LogP) is 23.2. The van der Waals surface area contributed by atoms with Crippen LogP contribution in [0.4, 0.5) is 0 Å². The van der Waals surface area contributed by atoms with Gasteiger partial charge in [0.05, 0.1) is 33.8 Å². The Morgan fingerprint density at radius 3 is 1.13 bits per heavy atom. The van der Waals surface area contributed by atoms with Gasteiger partial charge in [-0.3, -0.25) is 18.6 Å². The highest BCUT2D eigenvalue weighted by Gasteiger charge is 2.30. The van der Waals surface area contributed by atoms with E-state index in [0.717, 1.165) is 116 Å². The molecule has 3 atom stereocenters. The molecule has 0 fully saturated rings. The molecule has 0 saturated heterocycles. The predicted molar refractivity (Wildman–Crippen MR) is 378 cm³/mol. The summed E-state index contributed by atoms with van der Waals surface area (Å²) in [7, 11) is 1.48. The first-order valence-electron chi connectivity index (χ1n) is 36.2. The Morgan fingerprint density at radius 2 is 0.736 bits per heavy atom. The Bertz CT molecular complexity index is 1860. The third kappa shape index (κ3) is 66.9. The molecule has 3 unspecified atom stereocenters. The summed E-state index contributed by atoms with van der Waals surface area (Å²) in [6.45, 7) is 6.89. The number of nitrogens with zero attached hydrogens (tertiary/aromatic N) is 1. The number of nitrogens with one attached hydrogen (secondary N) is 1. The molecule has 0 aromatic rings. The summed E-state index contributed by atoms with van der Waals surface area (Å²) in [5, 5.41) is 3.07. The Hall–Kier alpha value is -3.33. The number of likely N-dealkylation sites (N-methyl/N-ethyl adjacent to an activating group) is 1. The van der Waals surface area contributed by atoms with Crippen molar-refractivity contribution in [2.75, 3.05) is 40.9 Å². The molecule has 0 aromatic heterocycles. The molecule has 0 aliphatic carbocycles. The van der Waals surface area contributed by atoms with E-state index in [0.29, 0.717) is 17.4 Å². The van der Waals surface area contributed by atoms with E-state index < -0.39 is 20.0 Å². The molecule has 502 valence electrons. The highest BCUT2D eigenvalue weighted by atomic mass is 31.2. The molecule has 87 heavy (non-hydrogen) atoms. The molecule has 0 bridgehead atoms. The van der Waals surface area contributed by atoms with Crippen LogP contribution in [0, 0.1) is 0 Å². The van der Waals surface area contributed by atoms with Crippen molar-refractivity contribution in [2.45, 2.75) is 328 Å². The second-order valence-corrected chi connectivity index (χ2v) is 26.8. The van der Waals surface area contributed by atoms with Crippen molar-refractivity contribution in [3.05, 3.63) is 109 Å². The van der Waals surface area contributed by atoms with E-state index in [1.54, 1.807) is 0 Å². The number of rotatable bonds is 65. The van der Waals surface area contributed by atoms with Crippen LogP contribution in [0.1, 0.15) is 316 Å².